The van der Waals surface area contributed by atoms with Crippen LogP contribution in [-0.4, -0.2) is 24.2 Å². The summed E-state index contributed by atoms with van der Waals surface area (Å²) >= 11 is 12.3. The monoisotopic (exact) mass is 641 g/mol. The second-order valence-electron chi connectivity index (χ2n) is 9.12. The number of hydrazone groups is 1. The average Bonchev–Trinajstić information content (AvgIpc) is 3.16. The number of carbonyl (C=O) groups excluding carboxylic acids is 1. The van der Waals surface area contributed by atoms with E-state index in [0.29, 0.717) is 16.5 Å². The molecule has 5 nitrogen and oxygen atoms in total. The van der Waals surface area contributed by atoms with Gasteiger partial charge >= 0.3 is 5.91 Å². The van der Waals surface area contributed by atoms with Gasteiger partial charge in [-0.05, 0) is 91.1 Å². The van der Waals surface area contributed by atoms with Gasteiger partial charge in [0, 0.05) is 33.2 Å². The molecular weight excluding hydrogens is 617 g/mol. The Labute approximate surface area is 221 Å². The van der Waals surface area contributed by atoms with Crippen LogP contribution in [-0.2, 0) is 0 Å². The molecule has 0 bridgehead atoms. The smallest absolute Gasteiger partial charge is 0.307 e. The zero-order valence-corrected chi connectivity index (χ0v) is 23.5. The highest BCUT2D eigenvalue weighted by molar-refractivity contribution is 14.1. The highest BCUT2D eigenvalue weighted by atomic mass is 127. The van der Waals surface area contributed by atoms with Gasteiger partial charge in [0.15, 0.2) is 5.76 Å². The molecule has 0 saturated heterocycles. The summed E-state index contributed by atoms with van der Waals surface area (Å²) < 4.78 is 7.60. The van der Waals surface area contributed by atoms with Crippen LogP contribution in [0.15, 0.2) is 44.3 Å². The number of carbonyl (C=O) groups is 1. The van der Waals surface area contributed by atoms with Crippen LogP contribution in [0.2, 0.25) is 5.02 Å². The minimum atomic E-state index is -0.410. The lowest BCUT2D eigenvalue weighted by atomic mass is 9.79. The standard InChI is InChI=1S/C25H26BrClIN3O2/c1-5-6-31-21-11-19(27)16(8-18(21)14(2)12-25(31,3)4)13-29-30-24(32)22-9-15-7-17(26)10-20(28)23(15)33-22/h7-11,13-14H,5-6,12H2,1-4H3,(H,30,32)/b29-13-. The zero-order valence-electron chi connectivity index (χ0n) is 19.0. The summed E-state index contributed by atoms with van der Waals surface area (Å²) in [6.45, 7) is 10.0. The molecule has 1 aliphatic rings. The first-order valence-corrected chi connectivity index (χ1v) is 13.2. The van der Waals surface area contributed by atoms with E-state index in [2.05, 4.69) is 87.7 Å². The van der Waals surface area contributed by atoms with E-state index in [1.54, 1.807) is 12.3 Å². The van der Waals surface area contributed by atoms with Gasteiger partial charge in [0.2, 0.25) is 0 Å². The summed E-state index contributed by atoms with van der Waals surface area (Å²) in [5, 5.41) is 5.62. The quantitative estimate of drug-likeness (QED) is 0.176. The number of hydrogen-bond acceptors (Lipinski definition) is 4. The molecule has 1 aromatic heterocycles. The van der Waals surface area contributed by atoms with E-state index >= 15 is 0 Å². The van der Waals surface area contributed by atoms with Crippen molar-refractivity contribution in [2.75, 3.05) is 11.4 Å². The van der Waals surface area contributed by atoms with Crippen LogP contribution in [0.25, 0.3) is 11.0 Å². The summed E-state index contributed by atoms with van der Waals surface area (Å²) in [5.74, 6) is 0.202. The van der Waals surface area contributed by atoms with Crippen molar-refractivity contribution in [1.29, 1.82) is 0 Å². The Bertz CT molecular complexity index is 1250. The molecule has 1 unspecified atom stereocenters. The van der Waals surface area contributed by atoms with Gasteiger partial charge < -0.3 is 9.32 Å². The first-order chi connectivity index (χ1) is 15.6. The minimum Gasteiger partial charge on any atom is -0.450 e. The first-order valence-electron chi connectivity index (χ1n) is 10.9. The maximum absolute atomic E-state index is 12.6. The summed E-state index contributed by atoms with van der Waals surface area (Å²) in [6.07, 6.45) is 3.73. The Morgan fingerprint density at radius 1 is 1.36 bits per heavy atom. The molecular formula is C25H26BrClIN3O2. The molecule has 0 aliphatic carbocycles. The normalized spacial score (nSPS) is 17.5. The Morgan fingerprint density at radius 3 is 2.85 bits per heavy atom. The third kappa shape index (κ3) is 4.95. The van der Waals surface area contributed by atoms with Crippen molar-refractivity contribution >= 4 is 78.9 Å². The van der Waals surface area contributed by atoms with Crippen molar-refractivity contribution in [3.63, 3.8) is 0 Å². The highest BCUT2D eigenvalue weighted by Crippen LogP contribution is 2.45. The molecule has 174 valence electrons. The number of fused-ring (bicyclic) bond motifs is 2. The second-order valence-corrected chi connectivity index (χ2v) is 11.6. The summed E-state index contributed by atoms with van der Waals surface area (Å²) in [4.78, 5) is 15.0. The molecule has 0 fully saturated rings. The molecule has 1 atom stereocenters. The van der Waals surface area contributed by atoms with E-state index in [0.717, 1.165) is 38.4 Å². The van der Waals surface area contributed by atoms with Gasteiger partial charge in [-0.15, -0.1) is 0 Å². The van der Waals surface area contributed by atoms with Crippen molar-refractivity contribution in [3.05, 3.63) is 60.3 Å². The molecule has 33 heavy (non-hydrogen) atoms. The maximum Gasteiger partial charge on any atom is 0.307 e. The third-order valence-corrected chi connectivity index (χ3v) is 7.67. The fourth-order valence-corrected chi connectivity index (χ4v) is 6.54. The van der Waals surface area contributed by atoms with Gasteiger partial charge in [0.1, 0.15) is 5.58 Å². The molecule has 1 N–H and O–H groups in total. The Morgan fingerprint density at radius 2 is 2.12 bits per heavy atom. The second kappa shape index (κ2) is 9.58. The maximum atomic E-state index is 12.6. The number of nitrogens with one attached hydrogen (secondary N) is 1. The summed E-state index contributed by atoms with van der Waals surface area (Å²) in [5.41, 5.74) is 6.55. The number of amides is 1. The van der Waals surface area contributed by atoms with Gasteiger partial charge in [-0.25, -0.2) is 5.43 Å². The van der Waals surface area contributed by atoms with Gasteiger partial charge in [0.05, 0.1) is 14.8 Å². The molecule has 2 heterocycles. The lowest BCUT2D eigenvalue weighted by molar-refractivity contribution is 0.0929. The molecule has 0 saturated carbocycles. The fourth-order valence-electron chi connectivity index (χ4n) is 4.67. The molecule has 0 spiro atoms. The Hall–Kier alpha value is -1.58. The fraction of sp³-hybridized carbons (Fsp3) is 0.360. The van der Waals surface area contributed by atoms with Crippen molar-refractivity contribution in [2.45, 2.75) is 52.0 Å². The molecule has 3 aromatic rings. The van der Waals surface area contributed by atoms with Crippen LogP contribution < -0.4 is 10.3 Å². The first kappa shape index (κ1) is 24.5. The molecule has 2 aromatic carbocycles. The SMILES string of the molecule is CCCN1c2cc(Cl)c(/C=N\NC(=O)c3cc4cc(Br)cc(I)c4o3)cc2C(C)CC1(C)C. The van der Waals surface area contributed by atoms with Crippen molar-refractivity contribution in [1.82, 2.24) is 5.43 Å². The average molecular weight is 643 g/mol. The van der Waals surface area contributed by atoms with Crippen LogP contribution in [0.5, 0.6) is 0 Å². The van der Waals surface area contributed by atoms with Crippen LogP contribution in [0.4, 0.5) is 5.69 Å². The summed E-state index contributed by atoms with van der Waals surface area (Å²) in [7, 11) is 0. The lowest BCUT2D eigenvalue weighted by Crippen LogP contribution is -2.48. The molecule has 1 aliphatic heterocycles. The Kier molecular flexibility index (Phi) is 7.13. The molecule has 1 amide bonds. The van der Waals surface area contributed by atoms with Gasteiger partial charge in [-0.3, -0.25) is 4.79 Å². The number of nitrogens with zero attached hydrogens (tertiary/aromatic N) is 2. The van der Waals surface area contributed by atoms with Gasteiger partial charge in [-0.1, -0.05) is 41.4 Å². The topological polar surface area (TPSA) is 57.8 Å². The third-order valence-electron chi connectivity index (χ3n) is 6.08. The van der Waals surface area contributed by atoms with Gasteiger partial charge in [-0.2, -0.15) is 5.10 Å². The summed E-state index contributed by atoms with van der Waals surface area (Å²) in [6, 6.07) is 9.69. The van der Waals surface area contributed by atoms with Crippen molar-refractivity contribution in [3.8, 4) is 0 Å². The van der Waals surface area contributed by atoms with E-state index in [4.69, 9.17) is 16.0 Å². The number of rotatable bonds is 5. The predicted molar refractivity (Wildman–Crippen MR) is 148 cm³/mol. The number of benzene rings is 2. The largest absolute Gasteiger partial charge is 0.450 e. The predicted octanol–water partition coefficient (Wildman–Crippen LogP) is 7.72. The molecule has 0 radical (unpaired) electrons. The van der Waals surface area contributed by atoms with Crippen molar-refractivity contribution in [2.24, 2.45) is 5.10 Å². The van der Waals surface area contributed by atoms with Crippen LogP contribution in [0.1, 0.15) is 68.1 Å². The van der Waals surface area contributed by atoms with Crippen LogP contribution in [0.3, 0.4) is 0 Å². The minimum absolute atomic E-state index is 0.0787. The van der Waals surface area contributed by atoms with E-state index in [1.807, 2.05) is 18.2 Å². The van der Waals surface area contributed by atoms with E-state index in [9.17, 15) is 4.79 Å². The lowest BCUT2D eigenvalue weighted by Gasteiger charge is -2.47. The van der Waals surface area contributed by atoms with Crippen LogP contribution in [0, 0.1) is 3.57 Å². The number of halogens is 3. The van der Waals surface area contributed by atoms with Gasteiger partial charge in [0.25, 0.3) is 0 Å². The number of furan rings is 1. The van der Waals surface area contributed by atoms with E-state index < -0.39 is 5.91 Å². The molecule has 4 rings (SSSR count). The van der Waals surface area contributed by atoms with E-state index in [-0.39, 0.29) is 11.3 Å². The van der Waals surface area contributed by atoms with Crippen molar-refractivity contribution < 1.29 is 9.21 Å². The van der Waals surface area contributed by atoms with Crippen LogP contribution >= 0.6 is 50.1 Å². The number of anilines is 1. The van der Waals surface area contributed by atoms with E-state index in [1.165, 1.54) is 11.3 Å². The Balaban J connectivity index is 1.56. The molecule has 8 heteroatoms. The zero-order chi connectivity index (χ0) is 23.9. The highest BCUT2D eigenvalue weighted by Gasteiger charge is 2.36. The number of hydrogen-bond donors (Lipinski definition) is 1.